The highest BCUT2D eigenvalue weighted by Crippen LogP contribution is 2.31. The van der Waals surface area contributed by atoms with Gasteiger partial charge in [0.15, 0.2) is 6.29 Å². The van der Waals surface area contributed by atoms with E-state index in [1.54, 1.807) is 0 Å². The Morgan fingerprint density at radius 3 is 2.35 bits per heavy atom. The Kier molecular flexibility index (Phi) is 3.94. The molecule has 7 heteroatoms. The third-order valence-corrected chi connectivity index (χ3v) is 2.73. The lowest BCUT2D eigenvalue weighted by Crippen LogP contribution is -2.16. The molecule has 2 rings (SSSR count). The lowest BCUT2D eigenvalue weighted by atomic mass is 10.0. The molecule has 104 valence electrons. The molecule has 0 saturated heterocycles. The monoisotopic (exact) mass is 301 g/mol. The summed E-state index contributed by atoms with van der Waals surface area (Å²) in [5, 5.41) is 0.0964. The minimum absolute atomic E-state index is 0.0964. The summed E-state index contributed by atoms with van der Waals surface area (Å²) < 4.78 is 39.9. The van der Waals surface area contributed by atoms with E-state index in [4.69, 9.17) is 11.6 Å². The highest BCUT2D eigenvalue weighted by molar-refractivity contribution is 6.32. The first-order valence-electron chi connectivity index (χ1n) is 5.36. The number of rotatable bonds is 3. The molecule has 0 aliphatic heterocycles. The molecule has 0 amide bonds. The van der Waals surface area contributed by atoms with Gasteiger partial charge in [0, 0.05) is 17.3 Å². The Balaban J connectivity index is 2.38. The Morgan fingerprint density at radius 1 is 1.15 bits per heavy atom. The average Bonchev–Trinajstić information content (AvgIpc) is 2.38. The van der Waals surface area contributed by atoms with E-state index in [2.05, 4.69) is 9.72 Å². The number of aldehydes is 1. The largest absolute Gasteiger partial charge is 0.573 e. The molecule has 3 nitrogen and oxygen atoms in total. The van der Waals surface area contributed by atoms with Crippen molar-refractivity contribution in [2.45, 2.75) is 6.36 Å². The van der Waals surface area contributed by atoms with Crippen molar-refractivity contribution in [2.24, 2.45) is 0 Å². The molecule has 0 fully saturated rings. The number of pyridine rings is 1. The van der Waals surface area contributed by atoms with Gasteiger partial charge in [-0.05, 0) is 23.8 Å². The summed E-state index contributed by atoms with van der Waals surface area (Å²) >= 11 is 5.91. The molecule has 1 aromatic carbocycles. The summed E-state index contributed by atoms with van der Waals surface area (Å²) in [6, 6.07) is 6.49. The van der Waals surface area contributed by atoms with Crippen molar-refractivity contribution in [2.75, 3.05) is 0 Å². The zero-order valence-electron chi connectivity index (χ0n) is 9.82. The molecular weight excluding hydrogens is 295 g/mol. The highest BCUT2D eigenvalue weighted by Gasteiger charge is 2.31. The predicted octanol–water partition coefficient (Wildman–Crippen LogP) is 4.11. The molecule has 0 saturated carbocycles. The van der Waals surface area contributed by atoms with Crippen LogP contribution < -0.4 is 4.74 Å². The van der Waals surface area contributed by atoms with Crippen LogP contribution in [-0.2, 0) is 0 Å². The van der Waals surface area contributed by atoms with E-state index in [1.807, 2.05) is 0 Å². The van der Waals surface area contributed by atoms with Crippen LogP contribution in [0.1, 0.15) is 10.4 Å². The number of halogens is 4. The number of benzene rings is 1. The van der Waals surface area contributed by atoms with Gasteiger partial charge in [0.2, 0.25) is 0 Å². The van der Waals surface area contributed by atoms with Crippen molar-refractivity contribution in [3.05, 3.63) is 47.2 Å². The van der Waals surface area contributed by atoms with E-state index in [1.165, 1.54) is 24.4 Å². The molecule has 20 heavy (non-hydrogen) atoms. The van der Waals surface area contributed by atoms with E-state index in [9.17, 15) is 18.0 Å². The van der Waals surface area contributed by atoms with E-state index < -0.39 is 6.36 Å². The molecule has 0 unspecified atom stereocenters. The van der Waals surface area contributed by atoms with E-state index in [0.29, 0.717) is 23.0 Å². The predicted molar refractivity (Wildman–Crippen MR) is 66.8 cm³/mol. The van der Waals surface area contributed by atoms with Crippen LogP contribution in [-0.4, -0.2) is 17.6 Å². The summed E-state index contributed by atoms with van der Waals surface area (Å²) in [6.45, 7) is 0. The SMILES string of the molecule is O=Cc1ccnc(Cl)c1-c1ccc(OC(F)(F)F)cc1. The Morgan fingerprint density at radius 2 is 1.80 bits per heavy atom. The summed E-state index contributed by atoms with van der Waals surface area (Å²) in [4.78, 5) is 14.8. The van der Waals surface area contributed by atoms with Crippen LogP contribution in [0.25, 0.3) is 11.1 Å². The molecule has 0 aliphatic rings. The first kappa shape index (κ1) is 14.3. The van der Waals surface area contributed by atoms with Crippen molar-refractivity contribution in [1.29, 1.82) is 0 Å². The second kappa shape index (κ2) is 5.50. The van der Waals surface area contributed by atoms with Crippen molar-refractivity contribution in [3.8, 4) is 16.9 Å². The fraction of sp³-hybridized carbons (Fsp3) is 0.0769. The molecule has 0 radical (unpaired) electrons. The van der Waals surface area contributed by atoms with Gasteiger partial charge in [0.25, 0.3) is 0 Å². The normalized spacial score (nSPS) is 11.2. The van der Waals surface area contributed by atoms with Gasteiger partial charge in [-0.25, -0.2) is 4.98 Å². The van der Waals surface area contributed by atoms with E-state index in [0.717, 1.165) is 12.1 Å². The quantitative estimate of drug-likeness (QED) is 0.632. The minimum atomic E-state index is -4.75. The van der Waals surface area contributed by atoms with Crippen LogP contribution in [0.3, 0.4) is 0 Å². The van der Waals surface area contributed by atoms with Crippen LogP contribution in [0, 0.1) is 0 Å². The van der Waals surface area contributed by atoms with Gasteiger partial charge >= 0.3 is 6.36 Å². The lowest BCUT2D eigenvalue weighted by molar-refractivity contribution is -0.274. The van der Waals surface area contributed by atoms with Crippen molar-refractivity contribution >= 4 is 17.9 Å². The molecule has 0 aliphatic carbocycles. The summed E-state index contributed by atoms with van der Waals surface area (Å²) in [5.74, 6) is -0.353. The van der Waals surface area contributed by atoms with Crippen LogP contribution in [0.5, 0.6) is 5.75 Å². The number of aromatic nitrogens is 1. The second-order valence-corrected chi connectivity index (χ2v) is 4.11. The summed E-state index contributed by atoms with van der Waals surface area (Å²) in [5.41, 5.74) is 1.14. The van der Waals surface area contributed by atoms with Crippen molar-refractivity contribution in [1.82, 2.24) is 4.98 Å². The van der Waals surface area contributed by atoms with Crippen LogP contribution in [0.4, 0.5) is 13.2 Å². The van der Waals surface area contributed by atoms with Gasteiger partial charge in [-0.15, -0.1) is 13.2 Å². The van der Waals surface area contributed by atoms with Gasteiger partial charge < -0.3 is 4.74 Å². The number of carbonyl (C=O) groups excluding carboxylic acids is 1. The molecule has 0 atom stereocenters. The Bertz CT molecular complexity index is 627. The standard InChI is InChI=1S/C13H7ClF3NO2/c14-12-11(9(7-19)5-6-18-12)8-1-3-10(4-2-8)20-13(15,16)17/h1-7H. The highest BCUT2D eigenvalue weighted by atomic mass is 35.5. The molecule has 0 spiro atoms. The zero-order chi connectivity index (χ0) is 14.8. The molecule has 1 heterocycles. The van der Waals surface area contributed by atoms with Gasteiger partial charge in [0.05, 0.1) is 0 Å². The summed E-state index contributed by atoms with van der Waals surface area (Å²) in [6.07, 6.45) is -2.78. The Hall–Kier alpha value is -2.08. The maximum atomic E-state index is 12.0. The van der Waals surface area contributed by atoms with Crippen molar-refractivity contribution in [3.63, 3.8) is 0 Å². The minimum Gasteiger partial charge on any atom is -0.406 e. The van der Waals surface area contributed by atoms with Gasteiger partial charge in [-0.2, -0.15) is 0 Å². The summed E-state index contributed by atoms with van der Waals surface area (Å²) in [7, 11) is 0. The van der Waals surface area contributed by atoms with E-state index in [-0.39, 0.29) is 10.9 Å². The third-order valence-electron chi connectivity index (χ3n) is 2.44. The lowest BCUT2D eigenvalue weighted by Gasteiger charge is -2.10. The fourth-order valence-electron chi connectivity index (χ4n) is 1.66. The third kappa shape index (κ3) is 3.27. The van der Waals surface area contributed by atoms with E-state index >= 15 is 0 Å². The van der Waals surface area contributed by atoms with Crippen LogP contribution in [0.2, 0.25) is 5.15 Å². The number of nitrogens with zero attached hydrogens (tertiary/aromatic N) is 1. The Labute approximate surface area is 117 Å². The number of alkyl halides is 3. The first-order valence-corrected chi connectivity index (χ1v) is 5.74. The zero-order valence-corrected chi connectivity index (χ0v) is 10.6. The van der Waals surface area contributed by atoms with Crippen molar-refractivity contribution < 1.29 is 22.7 Å². The smallest absolute Gasteiger partial charge is 0.406 e. The average molecular weight is 302 g/mol. The number of carbonyl (C=O) groups is 1. The second-order valence-electron chi connectivity index (χ2n) is 3.76. The topological polar surface area (TPSA) is 39.2 Å². The first-order chi connectivity index (χ1) is 9.40. The number of hydrogen-bond donors (Lipinski definition) is 0. The number of ether oxygens (including phenoxy) is 1. The molecule has 0 N–H and O–H groups in total. The maximum Gasteiger partial charge on any atom is 0.573 e. The molecule has 2 aromatic rings. The molecule has 1 aromatic heterocycles. The molecule has 0 bridgehead atoms. The maximum absolute atomic E-state index is 12.0. The van der Waals surface area contributed by atoms with Crippen LogP contribution >= 0.6 is 11.6 Å². The number of hydrogen-bond acceptors (Lipinski definition) is 3. The van der Waals surface area contributed by atoms with Gasteiger partial charge in [-0.1, -0.05) is 23.7 Å². The van der Waals surface area contributed by atoms with Gasteiger partial charge in [-0.3, -0.25) is 4.79 Å². The fourth-order valence-corrected chi connectivity index (χ4v) is 1.93. The van der Waals surface area contributed by atoms with Gasteiger partial charge in [0.1, 0.15) is 10.9 Å². The molecular formula is C13H7ClF3NO2. The van der Waals surface area contributed by atoms with Crippen LogP contribution in [0.15, 0.2) is 36.5 Å².